The monoisotopic (exact) mass is 415 g/mol. The number of amides is 1. The highest BCUT2D eigenvalue weighted by molar-refractivity contribution is 6.04. The molecule has 0 bridgehead atoms. The average Bonchev–Trinajstić information content (AvgIpc) is 3.31. The molecule has 0 aliphatic heterocycles. The van der Waals surface area contributed by atoms with E-state index in [9.17, 15) is 4.79 Å². The summed E-state index contributed by atoms with van der Waals surface area (Å²) in [6, 6.07) is 14.3. The molecule has 9 heteroatoms. The molecule has 1 amide bonds. The summed E-state index contributed by atoms with van der Waals surface area (Å²) in [6.07, 6.45) is 5.01. The Morgan fingerprint density at radius 3 is 2.58 bits per heavy atom. The third-order valence-electron chi connectivity index (χ3n) is 4.27. The van der Waals surface area contributed by atoms with E-state index in [1.165, 1.54) is 6.20 Å². The lowest BCUT2D eigenvalue weighted by Crippen LogP contribution is -2.12. The van der Waals surface area contributed by atoms with Gasteiger partial charge >= 0.3 is 0 Å². The third-order valence-corrected chi connectivity index (χ3v) is 4.27. The zero-order valence-electron chi connectivity index (χ0n) is 17.1. The molecular formula is C22H21N7O2. The van der Waals surface area contributed by atoms with Crippen LogP contribution < -0.4 is 15.4 Å². The fraction of sp³-hybridized carbons (Fsp3) is 0.136. The normalized spacial score (nSPS) is 10.5. The van der Waals surface area contributed by atoms with E-state index in [0.717, 1.165) is 5.69 Å². The first kappa shape index (κ1) is 20.0. The first-order valence-corrected chi connectivity index (χ1v) is 9.74. The Hall–Kier alpha value is -4.27. The number of ether oxygens (including phenoxy) is 1. The number of hydrogen-bond acceptors (Lipinski definition) is 7. The summed E-state index contributed by atoms with van der Waals surface area (Å²) in [7, 11) is 0. The average molecular weight is 415 g/mol. The van der Waals surface area contributed by atoms with Crippen molar-refractivity contribution in [1.29, 1.82) is 0 Å². The molecular weight excluding hydrogens is 394 g/mol. The number of nitrogens with zero attached hydrogens (tertiary/aromatic N) is 5. The van der Waals surface area contributed by atoms with Gasteiger partial charge in [-0.15, -0.1) is 0 Å². The second kappa shape index (κ2) is 9.04. The number of anilines is 3. The first-order chi connectivity index (χ1) is 15.1. The number of carbonyl (C=O) groups is 1. The summed E-state index contributed by atoms with van der Waals surface area (Å²) in [5, 5.41) is 10.3. The predicted molar refractivity (Wildman–Crippen MR) is 117 cm³/mol. The second-order valence-electron chi connectivity index (χ2n) is 6.58. The Labute approximate surface area is 179 Å². The summed E-state index contributed by atoms with van der Waals surface area (Å²) in [6.45, 7) is 4.23. The first-order valence-electron chi connectivity index (χ1n) is 9.74. The van der Waals surface area contributed by atoms with Gasteiger partial charge in [-0.1, -0.05) is 0 Å². The van der Waals surface area contributed by atoms with Crippen molar-refractivity contribution in [3.05, 3.63) is 78.5 Å². The minimum absolute atomic E-state index is 0.244. The number of aromatic nitrogens is 5. The van der Waals surface area contributed by atoms with Gasteiger partial charge in [0, 0.05) is 42.1 Å². The molecule has 0 unspecified atom stereocenters. The summed E-state index contributed by atoms with van der Waals surface area (Å²) in [5.74, 6) is 2.20. The molecule has 3 aromatic heterocycles. The topological polar surface area (TPSA) is 107 Å². The molecule has 2 N–H and O–H groups in total. The van der Waals surface area contributed by atoms with Crippen molar-refractivity contribution in [3.8, 4) is 11.7 Å². The highest BCUT2D eigenvalue weighted by atomic mass is 16.5. The lowest BCUT2D eigenvalue weighted by atomic mass is 10.2. The van der Waals surface area contributed by atoms with Gasteiger partial charge in [-0.2, -0.15) is 5.10 Å². The third kappa shape index (κ3) is 5.02. The number of nitrogens with one attached hydrogen (secondary N) is 2. The maximum Gasteiger partial charge on any atom is 0.257 e. The minimum Gasteiger partial charge on any atom is -0.478 e. The van der Waals surface area contributed by atoms with Crippen LogP contribution in [0.2, 0.25) is 0 Å². The van der Waals surface area contributed by atoms with Gasteiger partial charge < -0.3 is 15.4 Å². The molecule has 0 saturated heterocycles. The van der Waals surface area contributed by atoms with E-state index in [1.807, 2.05) is 56.4 Å². The van der Waals surface area contributed by atoms with E-state index in [1.54, 1.807) is 23.0 Å². The molecule has 31 heavy (non-hydrogen) atoms. The summed E-state index contributed by atoms with van der Waals surface area (Å²) < 4.78 is 6.97. The molecule has 0 fully saturated rings. The largest absolute Gasteiger partial charge is 0.478 e. The Morgan fingerprint density at radius 2 is 1.90 bits per heavy atom. The number of carbonyl (C=O) groups excluding carboxylic acids is 1. The standard InChI is InChI=1S/C22H21N7O2/c1-3-31-21-10-5-16(14-23-21)22(30)28-18-8-6-17(7-9-18)27-19-13-20(26-15(2)25-19)29-12-4-11-24-29/h4-14H,3H2,1-2H3,(H,28,30)(H,25,26,27). The van der Waals surface area contributed by atoms with Crippen molar-refractivity contribution < 1.29 is 9.53 Å². The van der Waals surface area contributed by atoms with Crippen LogP contribution in [0.15, 0.2) is 67.1 Å². The number of benzene rings is 1. The van der Waals surface area contributed by atoms with Gasteiger partial charge in [0.25, 0.3) is 5.91 Å². The van der Waals surface area contributed by atoms with E-state index in [0.29, 0.717) is 41.2 Å². The van der Waals surface area contributed by atoms with Crippen LogP contribution >= 0.6 is 0 Å². The van der Waals surface area contributed by atoms with Crippen molar-refractivity contribution in [1.82, 2.24) is 24.7 Å². The maximum atomic E-state index is 12.4. The van der Waals surface area contributed by atoms with Gasteiger partial charge in [0.15, 0.2) is 5.82 Å². The van der Waals surface area contributed by atoms with Crippen molar-refractivity contribution in [3.63, 3.8) is 0 Å². The van der Waals surface area contributed by atoms with Crippen LogP contribution in [-0.2, 0) is 0 Å². The Kier molecular flexibility index (Phi) is 5.84. The fourth-order valence-electron chi connectivity index (χ4n) is 2.87. The molecule has 4 rings (SSSR count). The number of aryl methyl sites for hydroxylation is 1. The van der Waals surface area contributed by atoms with Crippen molar-refractivity contribution in [2.24, 2.45) is 0 Å². The van der Waals surface area contributed by atoms with Gasteiger partial charge in [-0.05, 0) is 50.2 Å². The van der Waals surface area contributed by atoms with Crippen LogP contribution in [0.1, 0.15) is 23.1 Å². The Bertz CT molecular complexity index is 1160. The molecule has 1 aromatic carbocycles. The number of pyridine rings is 1. The molecule has 0 aliphatic carbocycles. The molecule has 0 spiro atoms. The van der Waals surface area contributed by atoms with E-state index >= 15 is 0 Å². The van der Waals surface area contributed by atoms with E-state index < -0.39 is 0 Å². The van der Waals surface area contributed by atoms with Crippen molar-refractivity contribution in [2.45, 2.75) is 13.8 Å². The molecule has 0 radical (unpaired) electrons. The molecule has 0 aliphatic rings. The zero-order valence-corrected chi connectivity index (χ0v) is 17.1. The predicted octanol–water partition coefficient (Wildman–Crippen LogP) is 3.76. The van der Waals surface area contributed by atoms with Crippen LogP contribution in [0.25, 0.3) is 5.82 Å². The maximum absolute atomic E-state index is 12.4. The van der Waals surface area contributed by atoms with Crippen LogP contribution in [0, 0.1) is 6.92 Å². The fourth-order valence-corrected chi connectivity index (χ4v) is 2.87. The van der Waals surface area contributed by atoms with E-state index in [4.69, 9.17) is 4.74 Å². The van der Waals surface area contributed by atoms with Gasteiger partial charge in [-0.3, -0.25) is 4.79 Å². The summed E-state index contributed by atoms with van der Waals surface area (Å²) in [4.78, 5) is 25.3. The lowest BCUT2D eigenvalue weighted by molar-refractivity contribution is 0.102. The molecule has 0 atom stereocenters. The summed E-state index contributed by atoms with van der Waals surface area (Å²) in [5.41, 5.74) is 1.94. The Balaban J connectivity index is 1.42. The molecule has 3 heterocycles. The van der Waals surface area contributed by atoms with Gasteiger partial charge in [0.05, 0.1) is 12.2 Å². The highest BCUT2D eigenvalue weighted by Gasteiger charge is 2.08. The van der Waals surface area contributed by atoms with Gasteiger partial charge in [-0.25, -0.2) is 19.6 Å². The van der Waals surface area contributed by atoms with Crippen LogP contribution in [0.5, 0.6) is 5.88 Å². The quantitative estimate of drug-likeness (QED) is 0.473. The molecule has 156 valence electrons. The van der Waals surface area contributed by atoms with Gasteiger partial charge in [0.1, 0.15) is 11.6 Å². The highest BCUT2D eigenvalue weighted by Crippen LogP contribution is 2.20. The second-order valence-corrected chi connectivity index (χ2v) is 6.58. The molecule has 9 nitrogen and oxygen atoms in total. The Morgan fingerprint density at radius 1 is 1.10 bits per heavy atom. The van der Waals surface area contributed by atoms with Crippen LogP contribution in [0.3, 0.4) is 0 Å². The van der Waals surface area contributed by atoms with Crippen molar-refractivity contribution in [2.75, 3.05) is 17.2 Å². The van der Waals surface area contributed by atoms with Crippen LogP contribution in [-0.4, -0.2) is 37.2 Å². The molecule has 4 aromatic rings. The summed E-state index contributed by atoms with van der Waals surface area (Å²) >= 11 is 0. The van der Waals surface area contributed by atoms with E-state index in [2.05, 4.69) is 30.7 Å². The lowest BCUT2D eigenvalue weighted by Gasteiger charge is -2.10. The zero-order chi connectivity index (χ0) is 21.6. The molecule has 0 saturated carbocycles. The van der Waals surface area contributed by atoms with Crippen molar-refractivity contribution >= 4 is 23.1 Å². The SMILES string of the molecule is CCOc1ccc(C(=O)Nc2ccc(Nc3cc(-n4cccn4)nc(C)n3)cc2)cn1. The number of rotatable bonds is 7. The van der Waals surface area contributed by atoms with Crippen LogP contribution in [0.4, 0.5) is 17.2 Å². The van der Waals surface area contributed by atoms with Gasteiger partial charge in [0.2, 0.25) is 5.88 Å². The number of hydrogen-bond donors (Lipinski definition) is 2. The minimum atomic E-state index is -0.244. The smallest absolute Gasteiger partial charge is 0.257 e. The van der Waals surface area contributed by atoms with E-state index in [-0.39, 0.29) is 5.91 Å².